The predicted molar refractivity (Wildman–Crippen MR) is 111 cm³/mol. The normalized spacial score (nSPS) is 11.2. The van der Waals surface area contributed by atoms with Gasteiger partial charge in [0.2, 0.25) is 0 Å². The lowest BCUT2D eigenvalue weighted by atomic mass is 9.96. The van der Waals surface area contributed by atoms with Gasteiger partial charge in [0, 0.05) is 29.4 Å². The number of anilines is 1. The summed E-state index contributed by atoms with van der Waals surface area (Å²) in [6, 6.07) is 10.6. The Bertz CT molecular complexity index is 1000. The molecule has 3 rings (SSSR count). The molecule has 2 amide bonds. The molecule has 0 saturated heterocycles. The van der Waals surface area contributed by atoms with Gasteiger partial charge in [-0.25, -0.2) is 0 Å². The first-order valence-electron chi connectivity index (χ1n) is 9.30. The molecule has 0 saturated carbocycles. The maximum Gasteiger partial charge on any atom is 0.277 e. The van der Waals surface area contributed by atoms with Crippen molar-refractivity contribution in [2.45, 2.75) is 27.7 Å². The third-order valence-corrected chi connectivity index (χ3v) is 4.25. The highest BCUT2D eigenvalue weighted by atomic mass is 16.5. The number of hydrogen-bond acceptors (Lipinski definition) is 5. The van der Waals surface area contributed by atoms with Crippen molar-refractivity contribution in [1.82, 2.24) is 15.5 Å². The highest BCUT2D eigenvalue weighted by Gasteiger charge is 2.14. The van der Waals surface area contributed by atoms with E-state index in [0.717, 1.165) is 16.8 Å². The lowest BCUT2D eigenvalue weighted by molar-refractivity contribution is 0.0938. The Labute approximate surface area is 169 Å². The van der Waals surface area contributed by atoms with E-state index in [4.69, 9.17) is 4.52 Å². The number of carbonyl (C=O) groups excluding carboxylic acids is 2. The molecule has 0 unspecified atom stereocenters. The van der Waals surface area contributed by atoms with E-state index < -0.39 is 0 Å². The second-order valence-corrected chi connectivity index (χ2v) is 8.02. The monoisotopic (exact) mass is 392 g/mol. The van der Waals surface area contributed by atoms with Crippen molar-refractivity contribution in [3.8, 4) is 11.1 Å². The van der Waals surface area contributed by atoms with Gasteiger partial charge in [-0.3, -0.25) is 14.6 Å². The highest BCUT2D eigenvalue weighted by molar-refractivity contribution is 6.03. The lowest BCUT2D eigenvalue weighted by Crippen LogP contribution is -2.32. The number of rotatable bonds is 5. The molecule has 0 aliphatic carbocycles. The van der Waals surface area contributed by atoms with E-state index in [1.54, 1.807) is 18.3 Å². The number of benzene rings is 1. The lowest BCUT2D eigenvalue weighted by Gasteiger charge is -2.18. The molecule has 1 aromatic carbocycles. The molecule has 0 bridgehead atoms. The van der Waals surface area contributed by atoms with Crippen LogP contribution in [-0.2, 0) is 0 Å². The second kappa shape index (κ2) is 8.26. The number of hydrogen-bond donors (Lipinski definition) is 2. The summed E-state index contributed by atoms with van der Waals surface area (Å²) in [7, 11) is 0. The summed E-state index contributed by atoms with van der Waals surface area (Å²) in [5, 5.41) is 9.32. The van der Waals surface area contributed by atoms with Gasteiger partial charge in [0.05, 0.1) is 11.9 Å². The Morgan fingerprint density at radius 2 is 1.79 bits per heavy atom. The van der Waals surface area contributed by atoms with E-state index in [2.05, 4.69) is 41.5 Å². The maximum absolute atomic E-state index is 12.3. The van der Waals surface area contributed by atoms with Gasteiger partial charge in [-0.1, -0.05) is 38.1 Å². The van der Waals surface area contributed by atoms with Crippen LogP contribution in [0, 0.1) is 12.3 Å². The summed E-state index contributed by atoms with van der Waals surface area (Å²) in [5.74, 6) is -0.476. The van der Waals surface area contributed by atoms with Crippen LogP contribution < -0.4 is 10.6 Å². The largest absolute Gasteiger partial charge is 0.364 e. The SMILES string of the molecule is Cc1ncc(NC(=O)c2ccon2)cc1-c1ccc(C(=O)NCC(C)(C)C)cc1. The van der Waals surface area contributed by atoms with E-state index >= 15 is 0 Å². The van der Waals surface area contributed by atoms with Crippen LogP contribution in [0.2, 0.25) is 0 Å². The summed E-state index contributed by atoms with van der Waals surface area (Å²) >= 11 is 0. The minimum Gasteiger partial charge on any atom is -0.364 e. The van der Waals surface area contributed by atoms with Crippen LogP contribution in [0.1, 0.15) is 47.3 Å². The molecule has 0 fully saturated rings. The fraction of sp³-hybridized carbons (Fsp3) is 0.273. The Hall–Kier alpha value is -3.48. The number of amides is 2. The van der Waals surface area contributed by atoms with Gasteiger partial charge in [0.15, 0.2) is 5.69 Å². The van der Waals surface area contributed by atoms with Gasteiger partial charge < -0.3 is 15.2 Å². The van der Waals surface area contributed by atoms with Gasteiger partial charge in [0.25, 0.3) is 11.8 Å². The fourth-order valence-corrected chi connectivity index (χ4v) is 2.67. The van der Waals surface area contributed by atoms with E-state index in [1.807, 2.05) is 25.1 Å². The van der Waals surface area contributed by atoms with Gasteiger partial charge in [-0.2, -0.15) is 0 Å². The van der Waals surface area contributed by atoms with Gasteiger partial charge in [-0.05, 0) is 36.1 Å². The molecule has 2 heterocycles. The number of nitrogens with zero attached hydrogens (tertiary/aromatic N) is 2. The molecular formula is C22H24N4O3. The molecule has 7 nitrogen and oxygen atoms in total. The molecule has 3 aromatic rings. The van der Waals surface area contributed by atoms with E-state index in [1.165, 1.54) is 12.3 Å². The number of carbonyl (C=O) groups is 2. The molecule has 29 heavy (non-hydrogen) atoms. The number of aromatic nitrogens is 2. The van der Waals surface area contributed by atoms with Crippen molar-refractivity contribution >= 4 is 17.5 Å². The van der Waals surface area contributed by atoms with Crippen molar-refractivity contribution in [3.05, 3.63) is 65.8 Å². The summed E-state index contributed by atoms with van der Waals surface area (Å²) < 4.78 is 4.69. The topological polar surface area (TPSA) is 97.1 Å². The third-order valence-electron chi connectivity index (χ3n) is 4.25. The van der Waals surface area contributed by atoms with Crippen LogP contribution in [-0.4, -0.2) is 28.5 Å². The minimum absolute atomic E-state index is 0.0231. The summed E-state index contributed by atoms with van der Waals surface area (Å²) in [6.07, 6.45) is 2.93. The van der Waals surface area contributed by atoms with Gasteiger partial charge >= 0.3 is 0 Å². The fourth-order valence-electron chi connectivity index (χ4n) is 2.67. The maximum atomic E-state index is 12.3. The van der Waals surface area contributed by atoms with E-state index in [9.17, 15) is 9.59 Å². The van der Waals surface area contributed by atoms with Crippen molar-refractivity contribution in [2.24, 2.45) is 5.41 Å². The zero-order valence-corrected chi connectivity index (χ0v) is 16.9. The smallest absolute Gasteiger partial charge is 0.277 e. The van der Waals surface area contributed by atoms with Crippen LogP contribution in [0.5, 0.6) is 0 Å². The molecular weight excluding hydrogens is 368 g/mol. The van der Waals surface area contributed by atoms with Crippen LogP contribution in [0.3, 0.4) is 0 Å². The third kappa shape index (κ3) is 5.28. The zero-order valence-electron chi connectivity index (χ0n) is 16.9. The summed E-state index contributed by atoms with van der Waals surface area (Å²) in [5.41, 5.74) is 3.94. The average Bonchev–Trinajstić information content (AvgIpc) is 3.22. The molecule has 0 atom stereocenters. The molecule has 2 aromatic heterocycles. The number of nitrogens with one attached hydrogen (secondary N) is 2. The first kappa shape index (κ1) is 20.3. The van der Waals surface area contributed by atoms with Crippen LogP contribution >= 0.6 is 0 Å². The molecule has 7 heteroatoms. The zero-order chi connectivity index (χ0) is 21.0. The molecule has 0 radical (unpaired) electrons. The van der Waals surface area contributed by atoms with Crippen molar-refractivity contribution < 1.29 is 14.1 Å². The van der Waals surface area contributed by atoms with Crippen molar-refractivity contribution in [2.75, 3.05) is 11.9 Å². The van der Waals surface area contributed by atoms with Crippen LogP contribution in [0.4, 0.5) is 5.69 Å². The average molecular weight is 392 g/mol. The summed E-state index contributed by atoms with van der Waals surface area (Å²) in [6.45, 7) is 8.70. The first-order chi connectivity index (χ1) is 13.7. The van der Waals surface area contributed by atoms with Crippen molar-refractivity contribution in [1.29, 1.82) is 0 Å². The minimum atomic E-state index is -0.374. The van der Waals surface area contributed by atoms with Crippen molar-refractivity contribution in [3.63, 3.8) is 0 Å². The summed E-state index contributed by atoms with van der Waals surface area (Å²) in [4.78, 5) is 28.8. The Morgan fingerprint density at radius 3 is 2.41 bits per heavy atom. The van der Waals surface area contributed by atoms with Gasteiger partial charge in [-0.15, -0.1) is 0 Å². The quantitative estimate of drug-likeness (QED) is 0.682. The molecule has 2 N–H and O–H groups in total. The van der Waals surface area contributed by atoms with E-state index in [-0.39, 0.29) is 22.9 Å². The number of pyridine rings is 1. The molecule has 0 spiro atoms. The molecule has 150 valence electrons. The number of aryl methyl sites for hydroxylation is 1. The standard InChI is InChI=1S/C22H24N4O3/c1-14-18(11-17(12-23-14)25-21(28)19-9-10-29-26-19)15-5-7-16(8-6-15)20(27)24-13-22(2,3)4/h5-12H,13H2,1-4H3,(H,24,27)(H,25,28). The van der Waals surface area contributed by atoms with E-state index in [0.29, 0.717) is 17.8 Å². The highest BCUT2D eigenvalue weighted by Crippen LogP contribution is 2.25. The van der Waals surface area contributed by atoms with Crippen LogP contribution in [0.15, 0.2) is 53.4 Å². The molecule has 0 aliphatic rings. The predicted octanol–water partition coefficient (Wildman–Crippen LogP) is 4.07. The first-order valence-corrected chi connectivity index (χ1v) is 9.30. The molecule has 0 aliphatic heterocycles. The Balaban J connectivity index is 1.76. The Kier molecular flexibility index (Phi) is 5.77. The van der Waals surface area contributed by atoms with Gasteiger partial charge in [0.1, 0.15) is 6.26 Å². The van der Waals surface area contributed by atoms with Crippen LogP contribution in [0.25, 0.3) is 11.1 Å². The second-order valence-electron chi connectivity index (χ2n) is 8.02. The Morgan fingerprint density at radius 1 is 1.07 bits per heavy atom.